The molecule has 0 saturated carbocycles. The van der Waals surface area contributed by atoms with Gasteiger partial charge in [0, 0.05) is 10.4 Å². The van der Waals surface area contributed by atoms with Crippen molar-refractivity contribution < 1.29 is 19.1 Å². The van der Waals surface area contributed by atoms with Crippen LogP contribution in [0.2, 0.25) is 0 Å². The van der Waals surface area contributed by atoms with Gasteiger partial charge in [0.2, 0.25) is 0 Å². The van der Waals surface area contributed by atoms with E-state index in [1.54, 1.807) is 19.9 Å². The molecule has 1 amide bonds. The monoisotopic (exact) mass is 360 g/mol. The molecular weight excluding hydrogens is 340 g/mol. The van der Waals surface area contributed by atoms with E-state index in [2.05, 4.69) is 5.32 Å². The van der Waals surface area contributed by atoms with Crippen LogP contribution in [0.4, 0.5) is 10.7 Å². The van der Waals surface area contributed by atoms with Gasteiger partial charge >= 0.3 is 5.97 Å². The van der Waals surface area contributed by atoms with Crippen LogP contribution in [0.25, 0.3) is 11.1 Å². The molecule has 1 aliphatic heterocycles. The molecule has 25 heavy (non-hydrogen) atoms. The van der Waals surface area contributed by atoms with Gasteiger partial charge in [-0.15, -0.1) is 11.3 Å². The molecule has 132 valence electrons. The standard InChI is InChI=1S/C18H20N2O4S/c1-4-13-14(15(16(19)25-13)18(22)23-5-2)10-6-7-12-11(8-10)20-17(21)9(3)24-12/h6-9H,4-5,19H2,1-3H3,(H,20,21). The molecule has 0 spiro atoms. The molecule has 3 N–H and O–H groups in total. The number of fused-ring (bicyclic) bond motifs is 1. The number of anilines is 2. The maximum absolute atomic E-state index is 12.4. The molecule has 6 nitrogen and oxygen atoms in total. The second-order valence-corrected chi connectivity index (χ2v) is 6.81. The Morgan fingerprint density at radius 1 is 1.40 bits per heavy atom. The molecular formula is C18H20N2O4S. The molecule has 1 atom stereocenters. The Balaban J connectivity index is 2.12. The van der Waals surface area contributed by atoms with Crippen molar-refractivity contribution >= 4 is 33.9 Å². The number of benzene rings is 1. The summed E-state index contributed by atoms with van der Waals surface area (Å²) in [7, 11) is 0. The van der Waals surface area contributed by atoms with Crippen LogP contribution in [-0.2, 0) is 16.0 Å². The molecule has 1 unspecified atom stereocenters. The largest absolute Gasteiger partial charge is 0.479 e. The Bertz CT molecular complexity index is 844. The lowest BCUT2D eigenvalue weighted by Crippen LogP contribution is -2.34. The highest BCUT2D eigenvalue weighted by Crippen LogP contribution is 2.42. The van der Waals surface area contributed by atoms with Crippen molar-refractivity contribution in [1.29, 1.82) is 0 Å². The van der Waals surface area contributed by atoms with Crippen molar-refractivity contribution in [2.45, 2.75) is 33.3 Å². The van der Waals surface area contributed by atoms with Crippen molar-refractivity contribution in [3.05, 3.63) is 28.6 Å². The van der Waals surface area contributed by atoms with Gasteiger partial charge in [-0.2, -0.15) is 0 Å². The third kappa shape index (κ3) is 3.07. The zero-order valence-corrected chi connectivity index (χ0v) is 15.2. The number of nitrogen functional groups attached to an aromatic ring is 1. The number of amides is 1. The highest BCUT2D eigenvalue weighted by Gasteiger charge is 2.27. The van der Waals surface area contributed by atoms with Crippen LogP contribution >= 0.6 is 11.3 Å². The van der Waals surface area contributed by atoms with Gasteiger partial charge in [0.1, 0.15) is 16.3 Å². The molecule has 1 aliphatic rings. The summed E-state index contributed by atoms with van der Waals surface area (Å²) in [5, 5.41) is 3.27. The Hall–Kier alpha value is -2.54. The smallest absolute Gasteiger partial charge is 0.341 e. The Morgan fingerprint density at radius 2 is 2.16 bits per heavy atom. The van der Waals surface area contributed by atoms with Crippen molar-refractivity contribution in [3.8, 4) is 16.9 Å². The summed E-state index contributed by atoms with van der Waals surface area (Å²) in [6.07, 6.45) is 0.206. The first-order chi connectivity index (χ1) is 12.0. The average molecular weight is 360 g/mol. The molecule has 0 fully saturated rings. The number of ether oxygens (including phenoxy) is 2. The zero-order valence-electron chi connectivity index (χ0n) is 14.3. The lowest BCUT2D eigenvalue weighted by molar-refractivity contribution is -0.122. The minimum atomic E-state index is -0.531. The minimum absolute atomic E-state index is 0.198. The first-order valence-electron chi connectivity index (χ1n) is 8.16. The van der Waals surface area contributed by atoms with Crippen LogP contribution in [0.1, 0.15) is 36.0 Å². The molecule has 2 heterocycles. The summed E-state index contributed by atoms with van der Waals surface area (Å²) in [6, 6.07) is 5.47. The highest BCUT2D eigenvalue weighted by atomic mass is 32.1. The van der Waals surface area contributed by atoms with Gasteiger partial charge in [0.15, 0.2) is 6.10 Å². The van der Waals surface area contributed by atoms with Crippen LogP contribution in [0.15, 0.2) is 18.2 Å². The second kappa shape index (κ2) is 6.76. The van der Waals surface area contributed by atoms with Crippen molar-refractivity contribution in [3.63, 3.8) is 0 Å². The first kappa shape index (κ1) is 17.3. The SMILES string of the molecule is CCOC(=O)c1c(N)sc(CC)c1-c1ccc2c(c1)NC(=O)C(C)O2. The molecule has 7 heteroatoms. The van der Waals surface area contributed by atoms with Gasteiger partial charge in [-0.05, 0) is 38.0 Å². The molecule has 0 bridgehead atoms. The fourth-order valence-electron chi connectivity index (χ4n) is 2.82. The van der Waals surface area contributed by atoms with E-state index in [0.717, 1.165) is 22.4 Å². The molecule has 0 saturated heterocycles. The number of nitrogens with two attached hydrogens (primary N) is 1. The maximum atomic E-state index is 12.4. The Kier molecular flexibility index (Phi) is 4.67. The van der Waals surface area contributed by atoms with Crippen LogP contribution in [0.3, 0.4) is 0 Å². The number of nitrogens with one attached hydrogen (secondary N) is 1. The summed E-state index contributed by atoms with van der Waals surface area (Å²) < 4.78 is 10.8. The van der Waals surface area contributed by atoms with Gasteiger partial charge in [0.05, 0.1) is 12.3 Å². The normalized spacial score (nSPS) is 16.0. The summed E-state index contributed by atoms with van der Waals surface area (Å²) in [5.41, 5.74) is 8.62. The predicted molar refractivity (Wildman–Crippen MR) is 98.2 cm³/mol. The average Bonchev–Trinajstić information content (AvgIpc) is 2.92. The third-order valence-electron chi connectivity index (χ3n) is 4.01. The maximum Gasteiger partial charge on any atom is 0.341 e. The summed E-state index contributed by atoms with van der Waals surface area (Å²) in [5.74, 6) is -0.0248. The molecule has 2 aromatic rings. The van der Waals surface area contributed by atoms with E-state index >= 15 is 0 Å². The second-order valence-electron chi connectivity index (χ2n) is 5.67. The van der Waals surface area contributed by atoms with Crippen LogP contribution < -0.4 is 15.8 Å². The van der Waals surface area contributed by atoms with E-state index in [1.165, 1.54) is 11.3 Å². The van der Waals surface area contributed by atoms with E-state index in [-0.39, 0.29) is 12.5 Å². The molecule has 3 rings (SSSR count). The van der Waals surface area contributed by atoms with Crippen molar-refractivity contribution in [2.75, 3.05) is 17.7 Å². The van der Waals surface area contributed by atoms with E-state index in [4.69, 9.17) is 15.2 Å². The lowest BCUT2D eigenvalue weighted by Gasteiger charge is -2.23. The Labute approximate surface area is 149 Å². The molecule has 0 aliphatic carbocycles. The van der Waals surface area contributed by atoms with Crippen LogP contribution in [0.5, 0.6) is 5.75 Å². The number of rotatable bonds is 4. The van der Waals surface area contributed by atoms with E-state index in [0.29, 0.717) is 22.0 Å². The van der Waals surface area contributed by atoms with Crippen molar-refractivity contribution in [2.24, 2.45) is 0 Å². The number of hydrogen-bond donors (Lipinski definition) is 2. The number of aryl methyl sites for hydroxylation is 1. The van der Waals surface area contributed by atoms with Gasteiger partial charge < -0.3 is 20.5 Å². The molecule has 1 aromatic carbocycles. The lowest BCUT2D eigenvalue weighted by atomic mass is 9.99. The predicted octanol–water partition coefficient (Wildman–Crippen LogP) is 3.46. The van der Waals surface area contributed by atoms with Crippen LogP contribution in [0, 0.1) is 0 Å². The summed E-state index contributed by atoms with van der Waals surface area (Å²) in [4.78, 5) is 25.2. The zero-order chi connectivity index (χ0) is 18.1. The minimum Gasteiger partial charge on any atom is -0.479 e. The van der Waals surface area contributed by atoms with Gasteiger partial charge in [-0.25, -0.2) is 4.79 Å². The number of hydrogen-bond acceptors (Lipinski definition) is 6. The number of carbonyl (C=O) groups excluding carboxylic acids is 2. The quantitative estimate of drug-likeness (QED) is 0.815. The molecule has 1 aromatic heterocycles. The summed E-state index contributed by atoms with van der Waals surface area (Å²) >= 11 is 1.39. The first-order valence-corrected chi connectivity index (χ1v) is 8.98. The summed E-state index contributed by atoms with van der Waals surface area (Å²) in [6.45, 7) is 5.74. The Morgan fingerprint density at radius 3 is 2.84 bits per heavy atom. The van der Waals surface area contributed by atoms with Gasteiger partial charge in [-0.3, -0.25) is 4.79 Å². The van der Waals surface area contributed by atoms with Crippen molar-refractivity contribution in [1.82, 2.24) is 0 Å². The van der Waals surface area contributed by atoms with E-state index in [1.807, 2.05) is 19.1 Å². The number of thiophene rings is 1. The van der Waals surface area contributed by atoms with Gasteiger partial charge in [0.25, 0.3) is 5.91 Å². The number of carbonyl (C=O) groups is 2. The van der Waals surface area contributed by atoms with E-state index in [9.17, 15) is 9.59 Å². The highest BCUT2D eigenvalue weighted by molar-refractivity contribution is 7.17. The van der Waals surface area contributed by atoms with Crippen LogP contribution in [-0.4, -0.2) is 24.6 Å². The fourth-order valence-corrected chi connectivity index (χ4v) is 3.84. The van der Waals surface area contributed by atoms with Gasteiger partial charge in [-0.1, -0.05) is 13.0 Å². The molecule has 0 radical (unpaired) electrons. The topological polar surface area (TPSA) is 90.6 Å². The number of esters is 1. The fraction of sp³-hybridized carbons (Fsp3) is 0.333. The van der Waals surface area contributed by atoms with E-state index < -0.39 is 12.1 Å². The third-order valence-corrected chi connectivity index (χ3v) is 5.17.